The fraction of sp³-hybridized carbons (Fsp3) is 0.724. The fourth-order valence-corrected chi connectivity index (χ4v) is 5.72. The summed E-state index contributed by atoms with van der Waals surface area (Å²) in [6.45, 7) is -0.0311. The molecule has 3 aliphatic heterocycles. The lowest BCUT2D eigenvalue weighted by molar-refractivity contribution is -0.365. The van der Waals surface area contributed by atoms with E-state index in [9.17, 15) is 50.4 Å². The number of hydrogen-bond acceptors (Lipinski definition) is 17. The molecule has 19 heteroatoms. The zero-order chi connectivity index (χ0) is 35.3. The number of rotatable bonds is 12. The Labute approximate surface area is 274 Å². The predicted molar refractivity (Wildman–Crippen MR) is 156 cm³/mol. The number of methoxy groups -OCH3 is 1. The third-order valence-corrected chi connectivity index (χ3v) is 8.19. The highest BCUT2D eigenvalue weighted by atomic mass is 16.8. The first kappa shape index (κ1) is 38.0. The van der Waals surface area contributed by atoms with Gasteiger partial charge in [0.15, 0.2) is 18.7 Å². The highest BCUT2D eigenvalue weighted by molar-refractivity contribution is 5.73. The van der Waals surface area contributed by atoms with Crippen LogP contribution in [0.5, 0.6) is 11.5 Å². The first-order valence-corrected chi connectivity index (χ1v) is 15.2. The van der Waals surface area contributed by atoms with Gasteiger partial charge in [-0.1, -0.05) is 0 Å². The molecule has 272 valence electrons. The molecule has 2 amide bonds. The van der Waals surface area contributed by atoms with Crippen LogP contribution in [0.15, 0.2) is 24.3 Å². The zero-order valence-electron chi connectivity index (χ0n) is 26.3. The van der Waals surface area contributed by atoms with Gasteiger partial charge in [-0.25, -0.2) is 0 Å². The number of aliphatic hydroxyl groups is 8. The van der Waals surface area contributed by atoms with Crippen LogP contribution in [-0.2, 0) is 33.3 Å². The Morgan fingerprint density at radius 1 is 0.625 bits per heavy atom. The van der Waals surface area contributed by atoms with Gasteiger partial charge < -0.3 is 84.6 Å². The average molecular weight is 693 g/mol. The number of aliphatic hydroxyl groups excluding tert-OH is 8. The van der Waals surface area contributed by atoms with Crippen molar-refractivity contribution in [1.29, 1.82) is 0 Å². The maximum atomic E-state index is 12.0. The molecule has 1 aromatic carbocycles. The SMILES string of the molecule is COc1ccc(O[C@H]2OC(CO)[C@@H](O[C@@H]3OC(CO)[C@@H](O)C(O)C3NC(C)=O)C(O)C2O[C@@H]2OC(CO)[C@@H](O)C(O)C2NC(C)=O)cc1. The summed E-state index contributed by atoms with van der Waals surface area (Å²) in [4.78, 5) is 24.0. The van der Waals surface area contributed by atoms with Gasteiger partial charge in [0.25, 0.3) is 0 Å². The maximum absolute atomic E-state index is 12.0. The van der Waals surface area contributed by atoms with Gasteiger partial charge in [-0.05, 0) is 24.3 Å². The first-order valence-electron chi connectivity index (χ1n) is 15.2. The Hall–Kier alpha value is -2.76. The van der Waals surface area contributed by atoms with E-state index < -0.39 is 124 Å². The molecule has 3 heterocycles. The largest absolute Gasteiger partial charge is 0.497 e. The Bertz CT molecular complexity index is 1190. The minimum absolute atomic E-state index is 0.188. The van der Waals surface area contributed by atoms with Crippen LogP contribution in [0.1, 0.15) is 13.8 Å². The number of ether oxygens (including phenoxy) is 7. The van der Waals surface area contributed by atoms with Crippen molar-refractivity contribution >= 4 is 11.8 Å². The van der Waals surface area contributed by atoms with Gasteiger partial charge in [-0.15, -0.1) is 0 Å². The van der Waals surface area contributed by atoms with E-state index in [1.54, 1.807) is 12.1 Å². The van der Waals surface area contributed by atoms with E-state index in [1.807, 2.05) is 0 Å². The number of hydrogen-bond donors (Lipinski definition) is 10. The quantitative estimate of drug-likeness (QED) is 0.0980. The van der Waals surface area contributed by atoms with Crippen LogP contribution in [0.3, 0.4) is 0 Å². The van der Waals surface area contributed by atoms with Crippen molar-refractivity contribution in [3.8, 4) is 11.5 Å². The third kappa shape index (κ3) is 8.51. The molecule has 3 saturated heterocycles. The minimum Gasteiger partial charge on any atom is -0.497 e. The molecule has 9 unspecified atom stereocenters. The molecule has 0 aliphatic carbocycles. The Kier molecular flexibility index (Phi) is 13.3. The zero-order valence-corrected chi connectivity index (χ0v) is 26.3. The van der Waals surface area contributed by atoms with Crippen LogP contribution < -0.4 is 20.1 Å². The minimum atomic E-state index is -1.84. The summed E-state index contributed by atoms with van der Waals surface area (Å²) < 4.78 is 40.5. The van der Waals surface area contributed by atoms with Crippen LogP contribution >= 0.6 is 0 Å². The lowest BCUT2D eigenvalue weighted by Crippen LogP contribution is -2.69. The summed E-state index contributed by atoms with van der Waals surface area (Å²) in [6.07, 6.45) is -20.7. The molecule has 0 spiro atoms. The fourth-order valence-electron chi connectivity index (χ4n) is 5.72. The van der Waals surface area contributed by atoms with Crippen molar-refractivity contribution in [2.45, 2.75) is 106 Å². The summed E-state index contributed by atoms with van der Waals surface area (Å²) in [5.74, 6) is -0.602. The smallest absolute Gasteiger partial charge is 0.229 e. The number of amides is 2. The molecule has 0 bridgehead atoms. The van der Waals surface area contributed by atoms with Crippen LogP contribution in [-0.4, -0.2) is 172 Å². The molecule has 48 heavy (non-hydrogen) atoms. The van der Waals surface area contributed by atoms with E-state index in [2.05, 4.69) is 10.6 Å². The standard InChI is InChI=1S/C29H44N2O17/c1-11(35)30-18-22(39)20(37)15(8-32)44-27(18)47-25-17(10-34)46-29(43-14-6-4-13(42-3)5-7-14)26(24(25)41)48-28-19(31-12(2)36)23(40)21(38)16(9-33)45-28/h4-7,15-29,32-34,37-41H,8-10H2,1-3H3,(H,30,35)(H,31,36)/t15?,16?,17?,18?,19?,20-,21-,22?,23?,24?,25-,26?,27+,28+,29+/m1/s1. The maximum Gasteiger partial charge on any atom is 0.229 e. The van der Waals surface area contributed by atoms with Crippen LogP contribution in [0.2, 0.25) is 0 Å². The summed E-state index contributed by atoms with van der Waals surface area (Å²) >= 11 is 0. The van der Waals surface area contributed by atoms with Gasteiger partial charge in [0.1, 0.15) is 78.5 Å². The van der Waals surface area contributed by atoms with Gasteiger partial charge in [-0.2, -0.15) is 0 Å². The molecule has 10 N–H and O–H groups in total. The van der Waals surface area contributed by atoms with Crippen molar-refractivity contribution in [2.75, 3.05) is 26.9 Å². The molecule has 3 aliphatic rings. The second-order valence-corrected chi connectivity index (χ2v) is 11.6. The second kappa shape index (κ2) is 16.8. The number of benzene rings is 1. The monoisotopic (exact) mass is 692 g/mol. The van der Waals surface area contributed by atoms with Crippen LogP contribution in [0.25, 0.3) is 0 Å². The topological polar surface area (TPSA) is 285 Å². The number of carbonyl (C=O) groups excluding carboxylic acids is 2. The lowest BCUT2D eigenvalue weighted by Gasteiger charge is -2.49. The van der Waals surface area contributed by atoms with Crippen molar-refractivity contribution in [3.05, 3.63) is 24.3 Å². The number of carbonyl (C=O) groups is 2. The molecule has 0 radical (unpaired) electrons. The van der Waals surface area contributed by atoms with Gasteiger partial charge in [-0.3, -0.25) is 9.59 Å². The Morgan fingerprint density at radius 3 is 1.46 bits per heavy atom. The molecule has 4 rings (SSSR count). The molecule has 1 aromatic rings. The summed E-state index contributed by atoms with van der Waals surface area (Å²) in [6, 6.07) is 3.30. The highest BCUT2D eigenvalue weighted by Gasteiger charge is 2.55. The lowest BCUT2D eigenvalue weighted by atomic mass is 9.94. The van der Waals surface area contributed by atoms with E-state index in [1.165, 1.54) is 19.2 Å². The van der Waals surface area contributed by atoms with Crippen molar-refractivity contribution in [3.63, 3.8) is 0 Å². The molecule has 0 saturated carbocycles. The molecular weight excluding hydrogens is 648 g/mol. The van der Waals surface area contributed by atoms with Gasteiger partial charge in [0.05, 0.1) is 26.9 Å². The van der Waals surface area contributed by atoms with Gasteiger partial charge in [0.2, 0.25) is 18.1 Å². The molecule has 0 aromatic heterocycles. The molecule has 15 atom stereocenters. The average Bonchev–Trinajstić information content (AvgIpc) is 3.06. The first-order chi connectivity index (χ1) is 22.8. The van der Waals surface area contributed by atoms with Crippen molar-refractivity contribution in [2.24, 2.45) is 0 Å². The van der Waals surface area contributed by atoms with E-state index in [0.29, 0.717) is 5.75 Å². The van der Waals surface area contributed by atoms with Crippen molar-refractivity contribution in [1.82, 2.24) is 10.6 Å². The van der Waals surface area contributed by atoms with Gasteiger partial charge in [0, 0.05) is 13.8 Å². The highest BCUT2D eigenvalue weighted by Crippen LogP contribution is 2.34. The Balaban J connectivity index is 1.69. The molecule has 3 fully saturated rings. The second-order valence-electron chi connectivity index (χ2n) is 11.6. The van der Waals surface area contributed by atoms with Crippen LogP contribution in [0, 0.1) is 0 Å². The van der Waals surface area contributed by atoms with E-state index in [-0.39, 0.29) is 5.75 Å². The van der Waals surface area contributed by atoms with Crippen molar-refractivity contribution < 1.29 is 83.6 Å². The third-order valence-electron chi connectivity index (χ3n) is 8.19. The summed E-state index contributed by atoms with van der Waals surface area (Å²) in [5.41, 5.74) is 0. The van der Waals surface area contributed by atoms with Crippen LogP contribution in [0.4, 0.5) is 0 Å². The number of nitrogens with one attached hydrogen (secondary N) is 2. The normalized spacial score (nSPS) is 40.1. The Morgan fingerprint density at radius 2 is 1.04 bits per heavy atom. The predicted octanol–water partition coefficient (Wildman–Crippen LogP) is -5.19. The summed E-state index contributed by atoms with van der Waals surface area (Å²) in [5, 5.41) is 88.8. The van der Waals surface area contributed by atoms with E-state index in [0.717, 1.165) is 13.8 Å². The molecular formula is C29H44N2O17. The van der Waals surface area contributed by atoms with E-state index in [4.69, 9.17) is 33.2 Å². The summed E-state index contributed by atoms with van der Waals surface area (Å²) in [7, 11) is 1.46. The van der Waals surface area contributed by atoms with Gasteiger partial charge >= 0.3 is 0 Å². The molecule has 19 nitrogen and oxygen atoms in total. The van der Waals surface area contributed by atoms with E-state index >= 15 is 0 Å².